The molecule has 1 aromatic rings. The van der Waals surface area contributed by atoms with Crippen LogP contribution in [0.25, 0.3) is 0 Å². The van der Waals surface area contributed by atoms with Crippen molar-refractivity contribution in [3.63, 3.8) is 0 Å². The van der Waals surface area contributed by atoms with Crippen LogP contribution in [0.4, 0.5) is 4.79 Å². The predicted molar refractivity (Wildman–Crippen MR) is 71.6 cm³/mol. The fraction of sp³-hybridized carbons (Fsp3) is 0.429. The number of hydrogen-bond acceptors (Lipinski definition) is 4. The molecule has 0 radical (unpaired) electrons. The Morgan fingerprint density at radius 1 is 1.53 bits per heavy atom. The Hall–Kier alpha value is -2.22. The van der Waals surface area contributed by atoms with Gasteiger partial charge in [0, 0.05) is 19.2 Å². The number of pyridine rings is 1. The van der Waals surface area contributed by atoms with Crippen LogP contribution in [-0.4, -0.2) is 28.3 Å². The second-order valence-electron chi connectivity index (χ2n) is 4.85. The molecule has 0 bridgehead atoms. The van der Waals surface area contributed by atoms with Crippen LogP contribution in [0.2, 0.25) is 0 Å². The number of hydrogen-bond donors (Lipinski definition) is 2. The Labute approximate surface area is 113 Å². The van der Waals surface area contributed by atoms with E-state index in [-0.39, 0.29) is 5.75 Å². The zero-order valence-electron chi connectivity index (χ0n) is 11.4. The van der Waals surface area contributed by atoms with Gasteiger partial charge in [-0.3, -0.25) is 0 Å². The number of ether oxygens (including phenoxy) is 1. The lowest BCUT2D eigenvalue weighted by Gasteiger charge is -2.19. The fourth-order valence-electron chi connectivity index (χ4n) is 1.18. The van der Waals surface area contributed by atoms with Crippen molar-refractivity contribution in [2.45, 2.75) is 32.8 Å². The van der Waals surface area contributed by atoms with Crippen molar-refractivity contribution >= 4 is 6.09 Å². The van der Waals surface area contributed by atoms with Gasteiger partial charge in [0.1, 0.15) is 11.4 Å². The van der Waals surface area contributed by atoms with Gasteiger partial charge in [-0.15, -0.1) is 0 Å². The van der Waals surface area contributed by atoms with Crippen molar-refractivity contribution in [3.05, 3.63) is 24.0 Å². The number of alkyl carbamates (subject to hydrolysis) is 1. The SMILES string of the molecule is CC(C)(C)OC(=O)NCCC#Cc1ncccc1O. The molecule has 1 heterocycles. The minimum absolute atomic E-state index is 0.0510. The topological polar surface area (TPSA) is 71.5 Å². The first-order valence-corrected chi connectivity index (χ1v) is 5.98. The van der Waals surface area contributed by atoms with E-state index in [1.165, 1.54) is 6.07 Å². The molecule has 0 unspecified atom stereocenters. The minimum Gasteiger partial charge on any atom is -0.505 e. The van der Waals surface area contributed by atoms with Gasteiger partial charge in [-0.25, -0.2) is 9.78 Å². The van der Waals surface area contributed by atoms with Gasteiger partial charge in [0.25, 0.3) is 0 Å². The maximum absolute atomic E-state index is 11.3. The van der Waals surface area contributed by atoms with Crippen LogP contribution in [0.5, 0.6) is 5.75 Å². The summed E-state index contributed by atoms with van der Waals surface area (Å²) in [6.45, 7) is 5.79. The third kappa shape index (κ3) is 6.32. The molecule has 5 heteroatoms. The number of nitrogens with one attached hydrogen (secondary N) is 1. The molecule has 102 valence electrons. The molecule has 0 aliphatic rings. The number of rotatable bonds is 2. The third-order valence-corrected chi connectivity index (χ3v) is 1.91. The maximum Gasteiger partial charge on any atom is 0.407 e. The normalized spacial score (nSPS) is 10.3. The lowest BCUT2D eigenvalue weighted by molar-refractivity contribution is 0.0529. The number of carbonyl (C=O) groups excluding carboxylic acids is 1. The lowest BCUT2D eigenvalue weighted by Crippen LogP contribution is -2.32. The van der Waals surface area contributed by atoms with E-state index in [0.717, 1.165) is 0 Å². The average Bonchev–Trinajstić information content (AvgIpc) is 2.28. The summed E-state index contributed by atoms with van der Waals surface area (Å²) in [4.78, 5) is 15.2. The van der Waals surface area contributed by atoms with Gasteiger partial charge in [-0.2, -0.15) is 0 Å². The summed E-state index contributed by atoms with van der Waals surface area (Å²) in [6.07, 6.45) is 1.55. The number of amides is 1. The molecule has 0 fully saturated rings. The van der Waals surface area contributed by atoms with Gasteiger partial charge >= 0.3 is 6.09 Å². The zero-order valence-corrected chi connectivity index (χ0v) is 11.4. The fourth-order valence-corrected chi connectivity index (χ4v) is 1.18. The molecule has 1 aromatic heterocycles. The first-order chi connectivity index (χ1) is 8.88. The molecule has 2 N–H and O–H groups in total. The Bertz CT molecular complexity index is 495. The molecule has 19 heavy (non-hydrogen) atoms. The molecule has 1 rings (SSSR count). The molecule has 0 spiro atoms. The molecule has 5 nitrogen and oxygen atoms in total. The first-order valence-electron chi connectivity index (χ1n) is 5.98. The van der Waals surface area contributed by atoms with Crippen molar-refractivity contribution in [1.29, 1.82) is 0 Å². The van der Waals surface area contributed by atoms with Crippen LogP contribution >= 0.6 is 0 Å². The van der Waals surface area contributed by atoms with Crippen LogP contribution in [0, 0.1) is 11.8 Å². The second kappa shape index (κ2) is 6.64. The van der Waals surface area contributed by atoms with Gasteiger partial charge in [0.05, 0.1) is 0 Å². The molecule has 0 aromatic carbocycles. The van der Waals surface area contributed by atoms with E-state index < -0.39 is 11.7 Å². The van der Waals surface area contributed by atoms with Crippen LogP contribution in [-0.2, 0) is 4.74 Å². The van der Waals surface area contributed by atoms with Crippen LogP contribution < -0.4 is 5.32 Å². The van der Waals surface area contributed by atoms with Crippen molar-refractivity contribution in [1.82, 2.24) is 10.3 Å². The largest absolute Gasteiger partial charge is 0.505 e. The number of aromatic nitrogens is 1. The molecule has 0 saturated carbocycles. The average molecular weight is 262 g/mol. The lowest BCUT2D eigenvalue weighted by atomic mass is 10.2. The Morgan fingerprint density at radius 3 is 2.89 bits per heavy atom. The van der Waals surface area contributed by atoms with Crippen molar-refractivity contribution in [3.8, 4) is 17.6 Å². The number of aromatic hydroxyl groups is 1. The van der Waals surface area contributed by atoms with E-state index in [1.54, 1.807) is 33.0 Å². The summed E-state index contributed by atoms with van der Waals surface area (Å²) < 4.78 is 5.07. The van der Waals surface area contributed by atoms with Gasteiger partial charge in [-0.05, 0) is 38.8 Å². The van der Waals surface area contributed by atoms with Crippen LogP contribution in [0.3, 0.4) is 0 Å². The van der Waals surface area contributed by atoms with Crippen molar-refractivity contribution in [2.75, 3.05) is 6.54 Å². The first kappa shape index (κ1) is 14.8. The van der Waals surface area contributed by atoms with Gasteiger partial charge in [-0.1, -0.05) is 5.92 Å². The highest BCUT2D eigenvalue weighted by atomic mass is 16.6. The molecule has 0 atom stereocenters. The molecule has 0 aliphatic carbocycles. The summed E-state index contributed by atoms with van der Waals surface area (Å²) in [6, 6.07) is 3.15. The van der Waals surface area contributed by atoms with E-state index >= 15 is 0 Å². The van der Waals surface area contributed by atoms with Gasteiger partial charge < -0.3 is 15.2 Å². The summed E-state index contributed by atoms with van der Waals surface area (Å²) >= 11 is 0. The van der Waals surface area contributed by atoms with E-state index in [9.17, 15) is 9.90 Å². The van der Waals surface area contributed by atoms with Crippen LogP contribution in [0.15, 0.2) is 18.3 Å². The summed E-state index contributed by atoms with van der Waals surface area (Å²) in [5, 5.41) is 12.0. The Morgan fingerprint density at radius 2 is 2.26 bits per heavy atom. The molecule has 1 amide bonds. The quantitative estimate of drug-likeness (QED) is 0.632. The van der Waals surface area contributed by atoms with Crippen LogP contribution in [0.1, 0.15) is 32.9 Å². The highest BCUT2D eigenvalue weighted by Crippen LogP contribution is 2.10. The smallest absolute Gasteiger partial charge is 0.407 e. The van der Waals surface area contributed by atoms with E-state index in [1.807, 2.05) is 0 Å². The highest BCUT2D eigenvalue weighted by Gasteiger charge is 2.15. The Kier molecular flexibility index (Phi) is 5.19. The summed E-state index contributed by atoms with van der Waals surface area (Å²) in [5.41, 5.74) is -0.171. The summed E-state index contributed by atoms with van der Waals surface area (Å²) in [5.74, 6) is 5.60. The van der Waals surface area contributed by atoms with Crippen molar-refractivity contribution < 1.29 is 14.6 Å². The molecular weight excluding hydrogens is 244 g/mol. The highest BCUT2D eigenvalue weighted by molar-refractivity contribution is 5.67. The minimum atomic E-state index is -0.504. The number of nitrogens with zero attached hydrogens (tertiary/aromatic N) is 1. The zero-order chi connectivity index (χ0) is 14.3. The molecular formula is C14H18N2O3. The summed E-state index contributed by atoms with van der Waals surface area (Å²) in [7, 11) is 0. The van der Waals surface area contributed by atoms with Gasteiger partial charge in [0.15, 0.2) is 5.69 Å². The van der Waals surface area contributed by atoms with Gasteiger partial charge in [0.2, 0.25) is 0 Å². The van der Waals surface area contributed by atoms with E-state index in [2.05, 4.69) is 22.1 Å². The molecule has 0 saturated heterocycles. The van der Waals surface area contributed by atoms with E-state index in [0.29, 0.717) is 18.7 Å². The monoisotopic (exact) mass is 262 g/mol. The molecule has 0 aliphatic heterocycles. The third-order valence-electron chi connectivity index (χ3n) is 1.91. The predicted octanol–water partition coefficient (Wildman–Crippen LogP) is 2.05. The Balaban J connectivity index is 2.33. The maximum atomic E-state index is 11.3. The van der Waals surface area contributed by atoms with E-state index in [4.69, 9.17) is 4.74 Å². The second-order valence-corrected chi connectivity index (χ2v) is 4.85. The van der Waals surface area contributed by atoms with Crippen molar-refractivity contribution in [2.24, 2.45) is 0 Å². The standard InChI is InChI=1S/C14H18N2O3/c1-14(2,3)19-13(18)16-9-5-4-7-11-12(17)8-6-10-15-11/h6,8,10,17H,5,9H2,1-3H3,(H,16,18). The number of carbonyl (C=O) groups is 1.